The summed E-state index contributed by atoms with van der Waals surface area (Å²) in [4.78, 5) is 26.1. The van der Waals surface area contributed by atoms with Crippen LogP contribution in [0.4, 0.5) is 5.82 Å². The third kappa shape index (κ3) is 4.62. The molecule has 172 valence electrons. The van der Waals surface area contributed by atoms with Crippen LogP contribution in [0.1, 0.15) is 54.6 Å². The SMILES string of the molecule is C=Cc1cc(-c2c(C3CC3)nc(N3CCN(C(=O)CCOC)[C@H](C)C3)c(C#N)c2C)ccn1. The van der Waals surface area contributed by atoms with Gasteiger partial charge in [-0.05, 0) is 56.0 Å². The third-order valence-corrected chi connectivity index (χ3v) is 6.58. The van der Waals surface area contributed by atoms with Crippen molar-refractivity contribution in [2.24, 2.45) is 0 Å². The molecule has 1 saturated heterocycles. The number of methoxy groups -OCH3 is 1. The van der Waals surface area contributed by atoms with E-state index in [2.05, 4.69) is 29.5 Å². The summed E-state index contributed by atoms with van der Waals surface area (Å²) in [6.45, 7) is 10.3. The van der Waals surface area contributed by atoms with Crippen molar-refractivity contribution in [2.45, 2.75) is 45.1 Å². The molecule has 3 heterocycles. The molecule has 7 nitrogen and oxygen atoms in total. The van der Waals surface area contributed by atoms with Crippen molar-refractivity contribution >= 4 is 17.8 Å². The summed E-state index contributed by atoms with van der Waals surface area (Å²) in [5, 5.41) is 10.1. The topological polar surface area (TPSA) is 82.4 Å². The van der Waals surface area contributed by atoms with Crippen LogP contribution in [0, 0.1) is 18.3 Å². The molecule has 33 heavy (non-hydrogen) atoms. The van der Waals surface area contributed by atoms with Gasteiger partial charge in [0, 0.05) is 50.5 Å². The second-order valence-electron chi connectivity index (χ2n) is 8.88. The number of aromatic nitrogens is 2. The fourth-order valence-corrected chi connectivity index (χ4v) is 4.66. The maximum atomic E-state index is 12.5. The van der Waals surface area contributed by atoms with E-state index in [4.69, 9.17) is 9.72 Å². The zero-order valence-electron chi connectivity index (χ0n) is 19.7. The first-order valence-electron chi connectivity index (χ1n) is 11.5. The van der Waals surface area contributed by atoms with Crippen molar-refractivity contribution in [3.05, 3.63) is 47.4 Å². The molecule has 1 atom stereocenters. The highest BCUT2D eigenvalue weighted by atomic mass is 16.5. The van der Waals surface area contributed by atoms with Crippen molar-refractivity contribution in [3.8, 4) is 17.2 Å². The van der Waals surface area contributed by atoms with Crippen LogP contribution >= 0.6 is 0 Å². The molecule has 1 amide bonds. The Balaban J connectivity index is 1.70. The Kier molecular flexibility index (Phi) is 6.75. The summed E-state index contributed by atoms with van der Waals surface area (Å²) in [7, 11) is 1.61. The maximum absolute atomic E-state index is 12.5. The van der Waals surface area contributed by atoms with Crippen LogP contribution in [0.5, 0.6) is 0 Å². The lowest BCUT2D eigenvalue weighted by molar-refractivity contribution is -0.134. The molecule has 0 bridgehead atoms. The van der Waals surface area contributed by atoms with Crippen molar-refractivity contribution in [2.75, 3.05) is 38.3 Å². The summed E-state index contributed by atoms with van der Waals surface area (Å²) >= 11 is 0. The molecule has 0 unspecified atom stereocenters. The minimum atomic E-state index is 0.0381. The maximum Gasteiger partial charge on any atom is 0.225 e. The van der Waals surface area contributed by atoms with E-state index in [1.807, 2.05) is 24.0 Å². The Morgan fingerprint density at radius 2 is 2.18 bits per heavy atom. The molecule has 2 aromatic heterocycles. The smallest absolute Gasteiger partial charge is 0.225 e. The zero-order valence-corrected chi connectivity index (χ0v) is 19.7. The number of hydrogen-bond acceptors (Lipinski definition) is 6. The highest BCUT2D eigenvalue weighted by molar-refractivity contribution is 5.79. The number of ether oxygens (including phenoxy) is 1. The van der Waals surface area contributed by atoms with Gasteiger partial charge in [-0.3, -0.25) is 9.78 Å². The standard InChI is InChI=1S/C26H31N5O2/c1-5-21-14-20(8-10-28-21)24-18(3)22(15-27)26(29-25(24)19-6-7-19)30-11-12-31(17(2)16-30)23(32)9-13-33-4/h5,8,10,14,17,19H,1,6-7,9,11-13,16H2,2-4H3/t17-/m1/s1. The van der Waals surface area contributed by atoms with Crippen molar-refractivity contribution in [3.63, 3.8) is 0 Å². The van der Waals surface area contributed by atoms with Crippen LogP contribution < -0.4 is 4.90 Å². The van der Waals surface area contributed by atoms with Gasteiger partial charge in [-0.2, -0.15) is 5.26 Å². The first-order valence-corrected chi connectivity index (χ1v) is 11.5. The highest BCUT2D eigenvalue weighted by Crippen LogP contribution is 2.46. The Hall–Kier alpha value is -3.24. The number of nitrogens with zero attached hydrogens (tertiary/aromatic N) is 5. The molecule has 1 saturated carbocycles. The average molecular weight is 446 g/mol. The van der Waals surface area contributed by atoms with E-state index in [-0.39, 0.29) is 11.9 Å². The molecular formula is C26H31N5O2. The van der Waals surface area contributed by atoms with E-state index < -0.39 is 0 Å². The zero-order chi connectivity index (χ0) is 23.5. The van der Waals surface area contributed by atoms with E-state index in [0.29, 0.717) is 44.1 Å². The van der Waals surface area contributed by atoms with Gasteiger partial charge in [0.15, 0.2) is 0 Å². The normalized spacial score (nSPS) is 18.2. The van der Waals surface area contributed by atoms with Gasteiger partial charge in [0.25, 0.3) is 0 Å². The first-order chi connectivity index (χ1) is 16.0. The lowest BCUT2D eigenvalue weighted by Crippen LogP contribution is -2.54. The highest BCUT2D eigenvalue weighted by Gasteiger charge is 2.34. The summed E-state index contributed by atoms with van der Waals surface area (Å²) in [5.74, 6) is 1.27. The molecule has 0 spiro atoms. The van der Waals surface area contributed by atoms with Crippen LogP contribution in [0.2, 0.25) is 0 Å². The second-order valence-corrected chi connectivity index (χ2v) is 8.88. The Morgan fingerprint density at radius 3 is 2.82 bits per heavy atom. The average Bonchev–Trinajstić information content (AvgIpc) is 3.67. The monoisotopic (exact) mass is 445 g/mol. The van der Waals surface area contributed by atoms with Gasteiger partial charge in [0.05, 0.1) is 30.0 Å². The predicted molar refractivity (Wildman–Crippen MR) is 129 cm³/mol. The second kappa shape index (κ2) is 9.72. The Labute approximate surface area is 195 Å². The first kappa shape index (κ1) is 22.9. The Morgan fingerprint density at radius 1 is 1.39 bits per heavy atom. The van der Waals surface area contributed by atoms with Crippen molar-refractivity contribution < 1.29 is 9.53 Å². The van der Waals surface area contributed by atoms with Gasteiger partial charge in [0.2, 0.25) is 5.91 Å². The van der Waals surface area contributed by atoms with E-state index in [0.717, 1.165) is 46.7 Å². The molecule has 1 aliphatic carbocycles. The van der Waals surface area contributed by atoms with Crippen LogP contribution in [-0.4, -0.2) is 60.2 Å². The molecule has 0 N–H and O–H groups in total. The molecule has 0 aromatic carbocycles. The summed E-state index contributed by atoms with van der Waals surface area (Å²) in [6, 6.07) is 6.46. The fraction of sp³-hybridized carbons (Fsp3) is 0.462. The van der Waals surface area contributed by atoms with Crippen LogP contribution in [0.15, 0.2) is 24.9 Å². The molecule has 7 heteroatoms. The van der Waals surface area contributed by atoms with Crippen LogP contribution in [0.3, 0.4) is 0 Å². The van der Waals surface area contributed by atoms with Gasteiger partial charge in [-0.15, -0.1) is 0 Å². The van der Waals surface area contributed by atoms with E-state index in [9.17, 15) is 10.1 Å². The number of pyridine rings is 2. The number of hydrogen-bond donors (Lipinski definition) is 0. The van der Waals surface area contributed by atoms with Crippen molar-refractivity contribution in [1.82, 2.24) is 14.9 Å². The minimum absolute atomic E-state index is 0.0381. The summed E-state index contributed by atoms with van der Waals surface area (Å²) in [6.07, 6.45) is 6.13. The van der Waals surface area contributed by atoms with Crippen molar-refractivity contribution in [1.29, 1.82) is 5.26 Å². The number of piperazine rings is 1. The molecule has 0 radical (unpaired) electrons. The quantitative estimate of drug-likeness (QED) is 0.643. The molecular weight excluding hydrogens is 414 g/mol. The fourth-order valence-electron chi connectivity index (χ4n) is 4.66. The summed E-state index contributed by atoms with van der Waals surface area (Å²) < 4.78 is 5.06. The van der Waals surface area contributed by atoms with Gasteiger partial charge >= 0.3 is 0 Å². The number of carbonyl (C=O) groups is 1. The summed E-state index contributed by atoms with van der Waals surface area (Å²) in [5.41, 5.74) is 5.50. The molecule has 4 rings (SSSR count). The van der Waals surface area contributed by atoms with Gasteiger partial charge in [0.1, 0.15) is 11.9 Å². The minimum Gasteiger partial charge on any atom is -0.384 e. The molecule has 2 aromatic rings. The molecule has 2 aliphatic rings. The third-order valence-electron chi connectivity index (χ3n) is 6.58. The number of carbonyl (C=O) groups excluding carboxylic acids is 1. The molecule has 1 aliphatic heterocycles. The number of nitriles is 1. The lowest BCUT2D eigenvalue weighted by atomic mass is 9.93. The largest absolute Gasteiger partial charge is 0.384 e. The van der Waals surface area contributed by atoms with Gasteiger partial charge in [-0.1, -0.05) is 6.58 Å². The van der Waals surface area contributed by atoms with Crippen LogP contribution in [-0.2, 0) is 9.53 Å². The van der Waals surface area contributed by atoms with Gasteiger partial charge < -0.3 is 14.5 Å². The van der Waals surface area contributed by atoms with E-state index in [1.165, 1.54) is 0 Å². The molecule has 2 fully saturated rings. The lowest BCUT2D eigenvalue weighted by Gasteiger charge is -2.41. The van der Waals surface area contributed by atoms with E-state index in [1.54, 1.807) is 19.4 Å². The predicted octanol–water partition coefficient (Wildman–Crippen LogP) is 3.92. The number of anilines is 1. The van der Waals surface area contributed by atoms with Crippen LogP contribution in [0.25, 0.3) is 17.2 Å². The van der Waals surface area contributed by atoms with Gasteiger partial charge in [-0.25, -0.2) is 4.98 Å². The number of amides is 1. The Bertz CT molecular complexity index is 1100. The van der Waals surface area contributed by atoms with E-state index >= 15 is 0 Å². The number of rotatable bonds is 7.